The molecule has 3 aromatic rings. The summed E-state index contributed by atoms with van der Waals surface area (Å²) >= 11 is 0. The summed E-state index contributed by atoms with van der Waals surface area (Å²) in [5.41, 5.74) is 7.47. The molecule has 43 heavy (non-hydrogen) atoms. The fourth-order valence-electron chi connectivity index (χ4n) is 5.40. The number of nitrogens with two attached hydrogens (primary N) is 1. The third kappa shape index (κ3) is 5.86. The number of halogens is 5. The molecular formula is C29H27F5N6O3. The largest absolute Gasteiger partial charge is 0.451 e. The van der Waals surface area contributed by atoms with Crippen LogP contribution in [0.4, 0.5) is 27.8 Å². The third-order valence-electron chi connectivity index (χ3n) is 7.61. The van der Waals surface area contributed by atoms with Crippen LogP contribution in [0.2, 0.25) is 0 Å². The molecule has 2 aromatic heterocycles. The molecule has 1 aromatic carbocycles. The molecule has 0 bridgehead atoms. The van der Waals surface area contributed by atoms with E-state index in [9.17, 15) is 22.4 Å². The van der Waals surface area contributed by atoms with Gasteiger partial charge in [0.1, 0.15) is 30.0 Å². The van der Waals surface area contributed by atoms with Crippen LogP contribution in [0.5, 0.6) is 5.75 Å². The molecule has 4 heterocycles. The molecule has 5 rings (SSSR count). The zero-order valence-corrected chi connectivity index (χ0v) is 23.2. The number of rotatable bonds is 7. The molecule has 2 aliphatic rings. The summed E-state index contributed by atoms with van der Waals surface area (Å²) in [6.45, 7) is 4.10. The monoisotopic (exact) mass is 602 g/mol. The number of aliphatic imine (C=N–C) groups is 1. The van der Waals surface area contributed by atoms with E-state index in [0.717, 1.165) is 6.08 Å². The maximum absolute atomic E-state index is 15.7. The number of nitrogens with zero attached hydrogens (tertiary/aromatic N) is 5. The Morgan fingerprint density at radius 2 is 1.91 bits per heavy atom. The number of amides is 1. The molecule has 9 nitrogen and oxygen atoms in total. The number of hydrogen-bond donors (Lipinski definition) is 1. The number of benzene rings is 1. The lowest BCUT2D eigenvalue weighted by Gasteiger charge is -2.24. The van der Waals surface area contributed by atoms with Gasteiger partial charge in [-0.3, -0.25) is 9.79 Å². The lowest BCUT2D eigenvalue weighted by molar-refractivity contribution is 0.0745. The van der Waals surface area contributed by atoms with E-state index in [0.29, 0.717) is 43.7 Å². The van der Waals surface area contributed by atoms with Crippen molar-refractivity contribution in [2.45, 2.75) is 32.6 Å². The number of fused-ring (bicyclic) bond motifs is 1. The summed E-state index contributed by atoms with van der Waals surface area (Å²) in [4.78, 5) is 31.6. The second kappa shape index (κ2) is 12.3. The van der Waals surface area contributed by atoms with Crippen molar-refractivity contribution in [2.75, 3.05) is 25.4 Å². The molecule has 0 spiro atoms. The Hall–Kier alpha value is -4.62. The minimum absolute atomic E-state index is 0.00306. The van der Waals surface area contributed by atoms with E-state index < -0.39 is 46.5 Å². The molecule has 14 heteroatoms. The van der Waals surface area contributed by atoms with Crippen molar-refractivity contribution in [1.82, 2.24) is 19.9 Å². The van der Waals surface area contributed by atoms with E-state index in [1.807, 2.05) is 0 Å². The van der Waals surface area contributed by atoms with Crippen LogP contribution in [0.15, 0.2) is 58.0 Å². The lowest BCUT2D eigenvalue weighted by Crippen LogP contribution is -2.30. The summed E-state index contributed by atoms with van der Waals surface area (Å²) in [6.07, 6.45) is 7.30. The molecule has 2 N–H and O–H groups in total. The van der Waals surface area contributed by atoms with Crippen molar-refractivity contribution >= 4 is 17.4 Å². The maximum atomic E-state index is 15.7. The van der Waals surface area contributed by atoms with Crippen molar-refractivity contribution < 1.29 is 35.9 Å². The minimum Gasteiger partial charge on any atom is -0.451 e. The number of allylic oxidation sites excluding steroid dienone is 3. The molecule has 1 saturated heterocycles. The zero-order chi connectivity index (χ0) is 30.8. The number of carbonyl (C=O) groups excluding carboxylic acids is 1. The van der Waals surface area contributed by atoms with Gasteiger partial charge < -0.3 is 19.8 Å². The first kappa shape index (κ1) is 29.9. The Morgan fingerprint density at radius 3 is 2.58 bits per heavy atom. The van der Waals surface area contributed by atoms with Gasteiger partial charge in [0.25, 0.3) is 5.89 Å². The van der Waals surface area contributed by atoms with Gasteiger partial charge in [0.2, 0.25) is 17.4 Å². The zero-order valence-electron chi connectivity index (χ0n) is 23.2. The predicted octanol–water partition coefficient (Wildman–Crippen LogP) is 5.51. The maximum Gasteiger partial charge on any atom is 0.309 e. The normalized spacial score (nSPS) is 20.0. The van der Waals surface area contributed by atoms with Gasteiger partial charge in [-0.1, -0.05) is 6.92 Å². The first-order chi connectivity index (χ1) is 20.6. The van der Waals surface area contributed by atoms with E-state index in [-0.39, 0.29) is 41.2 Å². The van der Waals surface area contributed by atoms with Crippen LogP contribution in [0.25, 0.3) is 0 Å². The highest BCUT2D eigenvalue weighted by Gasteiger charge is 2.38. The summed E-state index contributed by atoms with van der Waals surface area (Å²) in [5.74, 6) is -10.9. The lowest BCUT2D eigenvalue weighted by atomic mass is 9.83. The SMILES string of the molecule is C/C=C(\C=C(\F)C(C)C1=NCCC([C@@H]2CCN(C(=O)c3ncco3)C2)c2ncnc(N)c21)Oc1c(F)c(F)cc(F)c1F. The van der Waals surface area contributed by atoms with Crippen LogP contribution in [-0.2, 0) is 0 Å². The highest BCUT2D eigenvalue weighted by atomic mass is 19.2. The standard InChI is InChI=1S/C29H27F5N6O3/c1-3-16(43-26-22(33)19(31)11-20(32)23(26)34)10-18(30)14(2)24-21-25(38-13-39-27(21)35)17(4-6-36-24)15-5-8-40(12-15)29(41)28-37-7-9-42-28/h3,7,9-11,13-15,17H,4-6,8,12H2,1-2H3,(H2,35,38,39)/b16-3+,18-10+/t14?,15-,17?/m1/s1. The van der Waals surface area contributed by atoms with Gasteiger partial charge in [0.05, 0.1) is 29.1 Å². The molecular weight excluding hydrogens is 575 g/mol. The summed E-state index contributed by atoms with van der Waals surface area (Å²) in [7, 11) is 0. The number of ether oxygens (including phenoxy) is 1. The quantitative estimate of drug-likeness (QED) is 0.164. The number of oxazole rings is 1. The molecule has 0 aliphatic carbocycles. The fraction of sp³-hybridized carbons (Fsp3) is 0.345. The van der Waals surface area contributed by atoms with Crippen molar-refractivity contribution in [3.05, 3.63) is 89.0 Å². The average molecular weight is 603 g/mol. The molecule has 2 unspecified atom stereocenters. The minimum atomic E-state index is -1.76. The van der Waals surface area contributed by atoms with Crippen LogP contribution >= 0.6 is 0 Å². The van der Waals surface area contributed by atoms with E-state index >= 15 is 4.39 Å². The summed E-state index contributed by atoms with van der Waals surface area (Å²) < 4.78 is 81.5. The van der Waals surface area contributed by atoms with E-state index in [2.05, 4.69) is 19.9 Å². The Morgan fingerprint density at radius 1 is 1.16 bits per heavy atom. The Kier molecular flexibility index (Phi) is 8.55. The second-order valence-electron chi connectivity index (χ2n) is 10.2. The van der Waals surface area contributed by atoms with Crippen molar-refractivity contribution in [2.24, 2.45) is 16.8 Å². The Balaban J connectivity index is 1.40. The topological polar surface area (TPSA) is 120 Å². The molecule has 0 saturated carbocycles. The highest BCUT2D eigenvalue weighted by molar-refractivity contribution is 6.07. The number of carbonyl (C=O) groups is 1. The van der Waals surface area contributed by atoms with Crippen LogP contribution < -0.4 is 10.5 Å². The first-order valence-corrected chi connectivity index (χ1v) is 13.5. The smallest absolute Gasteiger partial charge is 0.309 e. The summed E-state index contributed by atoms with van der Waals surface area (Å²) in [5, 5.41) is 0. The number of aromatic nitrogens is 3. The van der Waals surface area contributed by atoms with Crippen molar-refractivity contribution in [3.63, 3.8) is 0 Å². The molecule has 226 valence electrons. The number of hydrogen-bond acceptors (Lipinski definition) is 8. The van der Waals surface area contributed by atoms with Gasteiger partial charge in [0.15, 0.2) is 11.6 Å². The van der Waals surface area contributed by atoms with Gasteiger partial charge in [-0.15, -0.1) is 0 Å². The van der Waals surface area contributed by atoms with E-state index in [1.165, 1.54) is 38.7 Å². The van der Waals surface area contributed by atoms with Crippen LogP contribution in [-0.4, -0.2) is 51.1 Å². The number of anilines is 1. The van der Waals surface area contributed by atoms with Crippen LogP contribution in [0.1, 0.15) is 54.5 Å². The van der Waals surface area contributed by atoms with E-state index in [4.69, 9.17) is 14.9 Å². The van der Waals surface area contributed by atoms with Crippen molar-refractivity contribution in [3.8, 4) is 5.75 Å². The van der Waals surface area contributed by atoms with Gasteiger partial charge >= 0.3 is 5.91 Å². The van der Waals surface area contributed by atoms with Crippen LogP contribution in [0, 0.1) is 35.1 Å². The predicted molar refractivity (Wildman–Crippen MR) is 145 cm³/mol. The van der Waals surface area contributed by atoms with Gasteiger partial charge in [-0.05, 0) is 31.8 Å². The van der Waals surface area contributed by atoms with E-state index in [1.54, 1.807) is 4.90 Å². The fourth-order valence-corrected chi connectivity index (χ4v) is 5.40. The van der Waals surface area contributed by atoms with Gasteiger partial charge in [-0.2, -0.15) is 8.78 Å². The average Bonchev–Trinajstić information content (AvgIpc) is 3.67. The number of nitrogen functional groups attached to an aromatic ring is 1. The molecule has 2 aliphatic heterocycles. The highest BCUT2D eigenvalue weighted by Crippen LogP contribution is 2.40. The number of likely N-dealkylation sites (tertiary alicyclic amines) is 1. The van der Waals surface area contributed by atoms with Crippen molar-refractivity contribution in [1.29, 1.82) is 0 Å². The van der Waals surface area contributed by atoms with Crippen LogP contribution in [0.3, 0.4) is 0 Å². The first-order valence-electron chi connectivity index (χ1n) is 13.5. The van der Waals surface area contributed by atoms with Gasteiger partial charge in [-0.25, -0.2) is 28.1 Å². The molecule has 1 amide bonds. The Bertz CT molecular complexity index is 1600. The third-order valence-corrected chi connectivity index (χ3v) is 7.61. The molecule has 3 atom stereocenters. The molecule has 1 fully saturated rings. The van der Waals surface area contributed by atoms with Gasteiger partial charge in [0, 0.05) is 37.7 Å². The molecule has 0 radical (unpaired) electrons. The summed E-state index contributed by atoms with van der Waals surface area (Å²) in [6, 6.07) is 0.0456. The second-order valence-corrected chi connectivity index (χ2v) is 10.2. The Labute approximate surface area is 243 Å².